The zero-order chi connectivity index (χ0) is 12.8. The summed E-state index contributed by atoms with van der Waals surface area (Å²) in [5.74, 6) is -0.110. The number of nitrogens with zero attached hydrogens (tertiary/aromatic N) is 1. The highest BCUT2D eigenvalue weighted by Gasteiger charge is 2.11. The lowest BCUT2D eigenvalue weighted by molar-refractivity contribution is 0.0383. The van der Waals surface area contributed by atoms with Crippen molar-refractivity contribution in [3.63, 3.8) is 0 Å². The number of morpholine rings is 1. The van der Waals surface area contributed by atoms with Crippen molar-refractivity contribution in [1.82, 2.24) is 10.2 Å². The molecule has 3 N–H and O–H groups in total. The molecule has 0 unspecified atom stereocenters. The average molecular weight is 249 g/mol. The summed E-state index contributed by atoms with van der Waals surface area (Å²) in [4.78, 5) is 14.1. The summed E-state index contributed by atoms with van der Waals surface area (Å²) in [7, 11) is 0. The molecule has 5 nitrogen and oxygen atoms in total. The zero-order valence-corrected chi connectivity index (χ0v) is 10.4. The van der Waals surface area contributed by atoms with Crippen LogP contribution < -0.4 is 11.1 Å². The van der Waals surface area contributed by atoms with Gasteiger partial charge in [-0.1, -0.05) is 12.1 Å². The minimum atomic E-state index is -0.110. The number of nitrogens with one attached hydrogen (secondary N) is 1. The van der Waals surface area contributed by atoms with Crippen molar-refractivity contribution >= 4 is 11.6 Å². The van der Waals surface area contributed by atoms with Gasteiger partial charge < -0.3 is 15.8 Å². The van der Waals surface area contributed by atoms with Crippen molar-refractivity contribution in [3.05, 3.63) is 29.8 Å². The van der Waals surface area contributed by atoms with Gasteiger partial charge in [0.05, 0.1) is 18.8 Å². The molecule has 1 heterocycles. The third-order valence-electron chi connectivity index (χ3n) is 3.02. The normalized spacial score (nSPS) is 16.4. The van der Waals surface area contributed by atoms with E-state index in [-0.39, 0.29) is 5.91 Å². The third kappa shape index (κ3) is 3.45. The number of carbonyl (C=O) groups excluding carboxylic acids is 1. The molecule has 1 aliphatic rings. The van der Waals surface area contributed by atoms with E-state index in [1.807, 2.05) is 12.1 Å². The van der Waals surface area contributed by atoms with Gasteiger partial charge in [-0.05, 0) is 12.1 Å². The number of anilines is 1. The van der Waals surface area contributed by atoms with Gasteiger partial charge in [0.15, 0.2) is 0 Å². The van der Waals surface area contributed by atoms with Crippen molar-refractivity contribution < 1.29 is 9.53 Å². The highest BCUT2D eigenvalue weighted by molar-refractivity contribution is 5.99. The molecule has 0 saturated carbocycles. The van der Waals surface area contributed by atoms with Gasteiger partial charge in [-0.25, -0.2) is 0 Å². The molecule has 0 atom stereocenters. The van der Waals surface area contributed by atoms with Crippen LogP contribution in [-0.2, 0) is 4.74 Å². The maximum Gasteiger partial charge on any atom is 0.253 e. The Hall–Kier alpha value is -1.59. The van der Waals surface area contributed by atoms with Crippen LogP contribution in [0, 0.1) is 0 Å². The zero-order valence-electron chi connectivity index (χ0n) is 10.4. The van der Waals surface area contributed by atoms with Gasteiger partial charge in [0.25, 0.3) is 5.91 Å². The van der Waals surface area contributed by atoms with E-state index < -0.39 is 0 Å². The molecule has 0 aliphatic carbocycles. The lowest BCUT2D eigenvalue weighted by Gasteiger charge is -2.26. The molecular weight excluding hydrogens is 230 g/mol. The van der Waals surface area contributed by atoms with Crippen molar-refractivity contribution in [2.24, 2.45) is 0 Å². The van der Waals surface area contributed by atoms with E-state index in [9.17, 15) is 4.79 Å². The van der Waals surface area contributed by atoms with Crippen LogP contribution in [0.2, 0.25) is 0 Å². The van der Waals surface area contributed by atoms with E-state index in [0.717, 1.165) is 32.8 Å². The number of hydrogen-bond acceptors (Lipinski definition) is 4. The van der Waals surface area contributed by atoms with Crippen molar-refractivity contribution in [2.45, 2.75) is 0 Å². The van der Waals surface area contributed by atoms with Crippen LogP contribution in [0.3, 0.4) is 0 Å². The standard InChI is InChI=1S/C13H19N3O2/c14-12-4-2-1-3-11(12)13(17)15-5-6-16-7-9-18-10-8-16/h1-4H,5-10,14H2,(H,15,17). The highest BCUT2D eigenvalue weighted by Crippen LogP contribution is 2.09. The Bertz CT molecular complexity index is 403. The summed E-state index contributed by atoms with van der Waals surface area (Å²) in [5.41, 5.74) is 6.80. The smallest absolute Gasteiger partial charge is 0.253 e. The highest BCUT2D eigenvalue weighted by atomic mass is 16.5. The predicted octanol–water partition coefficient (Wildman–Crippen LogP) is 0.331. The molecule has 0 radical (unpaired) electrons. The molecule has 98 valence electrons. The van der Waals surface area contributed by atoms with Crippen molar-refractivity contribution in [1.29, 1.82) is 0 Å². The molecule has 0 spiro atoms. The third-order valence-corrected chi connectivity index (χ3v) is 3.02. The Morgan fingerprint density at radius 2 is 2.06 bits per heavy atom. The molecule has 1 aromatic rings. The fourth-order valence-electron chi connectivity index (χ4n) is 1.95. The van der Waals surface area contributed by atoms with Crippen LogP contribution >= 0.6 is 0 Å². The SMILES string of the molecule is Nc1ccccc1C(=O)NCCN1CCOCC1. The Morgan fingerprint density at radius 1 is 1.33 bits per heavy atom. The molecule has 1 aromatic carbocycles. The maximum absolute atomic E-state index is 11.9. The number of hydrogen-bond donors (Lipinski definition) is 2. The first-order valence-electron chi connectivity index (χ1n) is 6.20. The van der Waals surface area contributed by atoms with E-state index in [4.69, 9.17) is 10.5 Å². The van der Waals surface area contributed by atoms with Crippen LogP contribution in [0.15, 0.2) is 24.3 Å². The van der Waals surface area contributed by atoms with Crippen LogP contribution in [0.5, 0.6) is 0 Å². The quantitative estimate of drug-likeness (QED) is 0.755. The van der Waals surface area contributed by atoms with E-state index in [0.29, 0.717) is 17.8 Å². The molecule has 1 fully saturated rings. The van der Waals surface area contributed by atoms with Crippen LogP contribution in [0.25, 0.3) is 0 Å². The topological polar surface area (TPSA) is 67.6 Å². The fraction of sp³-hybridized carbons (Fsp3) is 0.462. The number of nitrogen functional groups attached to an aromatic ring is 1. The number of ether oxygens (including phenoxy) is 1. The van der Waals surface area contributed by atoms with Crippen LogP contribution in [0.4, 0.5) is 5.69 Å². The summed E-state index contributed by atoms with van der Waals surface area (Å²) >= 11 is 0. The number of benzene rings is 1. The summed E-state index contributed by atoms with van der Waals surface area (Å²) in [5, 5.41) is 2.89. The maximum atomic E-state index is 11.9. The monoisotopic (exact) mass is 249 g/mol. The average Bonchev–Trinajstić information content (AvgIpc) is 2.40. The molecule has 0 aromatic heterocycles. The van der Waals surface area contributed by atoms with Gasteiger partial charge in [-0.15, -0.1) is 0 Å². The molecule has 1 aliphatic heterocycles. The summed E-state index contributed by atoms with van der Waals surface area (Å²) in [6.07, 6.45) is 0. The number of rotatable bonds is 4. The Morgan fingerprint density at radius 3 is 2.78 bits per heavy atom. The van der Waals surface area contributed by atoms with Crippen LogP contribution in [0.1, 0.15) is 10.4 Å². The van der Waals surface area contributed by atoms with Crippen molar-refractivity contribution in [3.8, 4) is 0 Å². The summed E-state index contributed by atoms with van der Waals surface area (Å²) in [6.45, 7) is 4.90. The molecule has 18 heavy (non-hydrogen) atoms. The van der Waals surface area contributed by atoms with Gasteiger partial charge >= 0.3 is 0 Å². The molecule has 1 saturated heterocycles. The van der Waals surface area contributed by atoms with Crippen LogP contribution in [-0.4, -0.2) is 50.2 Å². The second kappa shape index (κ2) is 6.37. The van der Waals surface area contributed by atoms with E-state index in [1.54, 1.807) is 12.1 Å². The van der Waals surface area contributed by atoms with Crippen molar-refractivity contribution in [2.75, 3.05) is 45.1 Å². The van der Waals surface area contributed by atoms with Gasteiger partial charge in [-0.2, -0.15) is 0 Å². The lowest BCUT2D eigenvalue weighted by Crippen LogP contribution is -2.41. The van der Waals surface area contributed by atoms with Gasteiger partial charge in [0.2, 0.25) is 0 Å². The summed E-state index contributed by atoms with van der Waals surface area (Å²) in [6, 6.07) is 7.10. The molecule has 2 rings (SSSR count). The molecule has 5 heteroatoms. The van der Waals surface area contributed by atoms with Gasteiger partial charge in [0.1, 0.15) is 0 Å². The van der Waals surface area contributed by atoms with Gasteiger partial charge in [0, 0.05) is 31.9 Å². The number of amides is 1. The number of para-hydroxylation sites is 1. The molecule has 0 bridgehead atoms. The minimum absolute atomic E-state index is 0.110. The van der Waals surface area contributed by atoms with Gasteiger partial charge in [-0.3, -0.25) is 9.69 Å². The van der Waals surface area contributed by atoms with E-state index >= 15 is 0 Å². The molecular formula is C13H19N3O2. The minimum Gasteiger partial charge on any atom is -0.398 e. The first-order valence-corrected chi connectivity index (χ1v) is 6.20. The molecule has 1 amide bonds. The Balaban J connectivity index is 1.76. The fourth-order valence-corrected chi connectivity index (χ4v) is 1.95. The second-order valence-corrected chi connectivity index (χ2v) is 4.30. The number of nitrogens with two attached hydrogens (primary N) is 1. The Kier molecular flexibility index (Phi) is 4.55. The van der Waals surface area contributed by atoms with E-state index in [2.05, 4.69) is 10.2 Å². The second-order valence-electron chi connectivity index (χ2n) is 4.30. The Labute approximate surface area is 107 Å². The first kappa shape index (κ1) is 12.9. The largest absolute Gasteiger partial charge is 0.398 e. The number of carbonyl (C=O) groups is 1. The first-order chi connectivity index (χ1) is 8.77. The predicted molar refractivity (Wildman–Crippen MR) is 70.4 cm³/mol. The van der Waals surface area contributed by atoms with E-state index in [1.165, 1.54) is 0 Å². The lowest BCUT2D eigenvalue weighted by atomic mass is 10.1. The summed E-state index contributed by atoms with van der Waals surface area (Å²) < 4.78 is 5.27.